The van der Waals surface area contributed by atoms with Crippen LogP contribution in [-0.2, 0) is 6.54 Å². The van der Waals surface area contributed by atoms with E-state index in [1.807, 2.05) is 0 Å². The second kappa shape index (κ2) is 6.30. The quantitative estimate of drug-likeness (QED) is 0.653. The fourth-order valence-electron chi connectivity index (χ4n) is 2.40. The van der Waals surface area contributed by atoms with Gasteiger partial charge in [-0.15, -0.1) is 0 Å². The number of benzene rings is 1. The predicted molar refractivity (Wildman–Crippen MR) is 86.1 cm³/mol. The number of nitrogens with two attached hydrogens (primary N) is 2. The smallest absolute Gasteiger partial charge is 0.257 e. The van der Waals surface area contributed by atoms with Crippen molar-refractivity contribution in [3.8, 4) is 0 Å². The molecule has 1 amide bonds. The van der Waals surface area contributed by atoms with Crippen molar-refractivity contribution in [1.82, 2.24) is 14.8 Å². The van der Waals surface area contributed by atoms with Gasteiger partial charge in [-0.1, -0.05) is 6.07 Å². The van der Waals surface area contributed by atoms with Crippen molar-refractivity contribution < 1.29 is 18.0 Å². The lowest BCUT2D eigenvalue weighted by molar-refractivity contribution is 0.1000. The van der Waals surface area contributed by atoms with Gasteiger partial charge >= 0.3 is 0 Å². The Labute approximate surface area is 139 Å². The number of carbonyl (C=O) groups excluding carboxylic acids is 1. The summed E-state index contributed by atoms with van der Waals surface area (Å²) in [5.41, 5.74) is 11.4. The van der Waals surface area contributed by atoms with Gasteiger partial charge < -0.3 is 16.8 Å². The molecule has 0 spiro atoms. The Bertz CT molecular complexity index is 956. The molecule has 0 aliphatic heterocycles. The first kappa shape index (κ1) is 16.6. The molecule has 0 fully saturated rings. The molecule has 0 saturated heterocycles. The highest BCUT2D eigenvalue weighted by atomic mass is 19.3. The Kier molecular flexibility index (Phi) is 4.17. The second-order valence-electron chi connectivity index (χ2n) is 5.20. The van der Waals surface area contributed by atoms with Gasteiger partial charge in [-0.2, -0.15) is 5.10 Å². The molecular formula is C15H13F3N6O. The number of nitrogens with one attached hydrogen (secondary N) is 1. The van der Waals surface area contributed by atoms with E-state index in [2.05, 4.69) is 15.4 Å². The number of amides is 1. The van der Waals surface area contributed by atoms with Gasteiger partial charge in [0.2, 0.25) is 0 Å². The molecule has 5 N–H and O–H groups in total. The number of primary amides is 1. The van der Waals surface area contributed by atoms with E-state index in [1.54, 1.807) is 18.2 Å². The first-order chi connectivity index (χ1) is 11.9. The number of alkyl halides is 2. The Balaban J connectivity index is 2.06. The number of nitrogen functional groups attached to an aromatic ring is 1. The predicted octanol–water partition coefficient (Wildman–Crippen LogP) is 2.26. The maximum Gasteiger partial charge on any atom is 0.257 e. The maximum absolute atomic E-state index is 13.5. The van der Waals surface area contributed by atoms with Crippen molar-refractivity contribution in [2.75, 3.05) is 11.1 Å². The van der Waals surface area contributed by atoms with E-state index in [0.29, 0.717) is 16.6 Å². The summed E-state index contributed by atoms with van der Waals surface area (Å²) in [5, 5.41) is 7.28. The molecule has 7 nitrogen and oxygen atoms in total. The normalized spacial score (nSPS) is 11.2. The fraction of sp³-hybridized carbons (Fsp3) is 0.133. The van der Waals surface area contributed by atoms with Crippen molar-refractivity contribution in [3.05, 3.63) is 41.8 Å². The number of halogens is 3. The molecule has 0 aliphatic carbocycles. The van der Waals surface area contributed by atoms with E-state index >= 15 is 0 Å². The Morgan fingerprint density at radius 2 is 2.12 bits per heavy atom. The van der Waals surface area contributed by atoms with Gasteiger partial charge in [0.05, 0.1) is 23.0 Å². The number of aromatic nitrogens is 3. The maximum atomic E-state index is 13.5. The number of nitrogens with zero attached hydrogens (tertiary/aromatic N) is 3. The van der Waals surface area contributed by atoms with Crippen LogP contribution in [0.3, 0.4) is 0 Å². The first-order valence-electron chi connectivity index (χ1n) is 7.12. The van der Waals surface area contributed by atoms with E-state index in [-0.39, 0.29) is 11.4 Å². The van der Waals surface area contributed by atoms with Crippen LogP contribution in [0.2, 0.25) is 0 Å². The number of hydrogen-bond donors (Lipinski definition) is 3. The third-order valence-corrected chi connectivity index (χ3v) is 3.52. The fourth-order valence-corrected chi connectivity index (χ4v) is 2.40. The van der Waals surface area contributed by atoms with Gasteiger partial charge in [0, 0.05) is 5.39 Å². The standard InChI is InChI=1S/C15H13F3N6O/c16-9-4-7(14(20)25)15(23-13(9)19)22-10-2-1-3-11-8(10)5-21-24(11)6-12(17)18/h1-5,12H,6H2,(H2,20,25)(H3,19,22,23). The van der Waals surface area contributed by atoms with E-state index in [1.165, 1.54) is 6.20 Å². The van der Waals surface area contributed by atoms with Crippen LogP contribution in [0.15, 0.2) is 30.5 Å². The van der Waals surface area contributed by atoms with Crippen LogP contribution in [0.25, 0.3) is 10.9 Å². The van der Waals surface area contributed by atoms with Crippen LogP contribution in [0.5, 0.6) is 0 Å². The average molecular weight is 350 g/mol. The zero-order valence-electron chi connectivity index (χ0n) is 12.7. The summed E-state index contributed by atoms with van der Waals surface area (Å²) in [4.78, 5) is 15.3. The van der Waals surface area contributed by atoms with Crippen LogP contribution in [0.4, 0.5) is 30.5 Å². The zero-order valence-corrected chi connectivity index (χ0v) is 12.7. The van der Waals surface area contributed by atoms with E-state index in [0.717, 1.165) is 10.7 Å². The lowest BCUT2D eigenvalue weighted by Gasteiger charge is -2.11. The summed E-state index contributed by atoms with van der Waals surface area (Å²) < 4.78 is 39.9. The number of hydrogen-bond acceptors (Lipinski definition) is 5. The molecule has 3 aromatic rings. The van der Waals surface area contributed by atoms with Crippen LogP contribution >= 0.6 is 0 Å². The molecule has 130 valence electrons. The van der Waals surface area contributed by atoms with Gasteiger partial charge in [-0.3, -0.25) is 9.48 Å². The van der Waals surface area contributed by atoms with Crippen LogP contribution in [0.1, 0.15) is 10.4 Å². The Hall–Kier alpha value is -3.30. The molecule has 25 heavy (non-hydrogen) atoms. The molecule has 0 atom stereocenters. The van der Waals surface area contributed by atoms with E-state index in [4.69, 9.17) is 11.5 Å². The number of rotatable bonds is 5. The lowest BCUT2D eigenvalue weighted by Crippen LogP contribution is -2.16. The van der Waals surface area contributed by atoms with Gasteiger partial charge in [-0.05, 0) is 18.2 Å². The molecule has 0 saturated carbocycles. The van der Waals surface area contributed by atoms with Crippen LogP contribution < -0.4 is 16.8 Å². The number of carbonyl (C=O) groups is 1. The molecular weight excluding hydrogens is 337 g/mol. The van der Waals surface area contributed by atoms with Gasteiger partial charge in [0.25, 0.3) is 12.3 Å². The highest BCUT2D eigenvalue weighted by Gasteiger charge is 2.16. The SMILES string of the molecule is NC(=O)c1cc(F)c(N)nc1Nc1cccc2c1cnn2CC(F)F. The summed E-state index contributed by atoms with van der Waals surface area (Å²) in [6, 6.07) is 5.75. The Morgan fingerprint density at radius 1 is 1.36 bits per heavy atom. The number of pyridine rings is 1. The molecule has 0 aliphatic rings. The molecule has 3 rings (SSSR count). The van der Waals surface area contributed by atoms with E-state index < -0.39 is 30.5 Å². The molecule has 0 bridgehead atoms. The largest absolute Gasteiger partial charge is 0.381 e. The molecule has 0 unspecified atom stereocenters. The molecule has 2 aromatic heterocycles. The number of fused-ring (bicyclic) bond motifs is 1. The molecule has 2 heterocycles. The lowest BCUT2D eigenvalue weighted by atomic mass is 10.2. The van der Waals surface area contributed by atoms with E-state index in [9.17, 15) is 18.0 Å². The Morgan fingerprint density at radius 3 is 2.80 bits per heavy atom. The number of anilines is 3. The zero-order chi connectivity index (χ0) is 18.1. The third kappa shape index (κ3) is 3.18. The van der Waals surface area contributed by atoms with Crippen molar-refractivity contribution in [1.29, 1.82) is 0 Å². The van der Waals surface area contributed by atoms with Crippen molar-refractivity contribution in [2.24, 2.45) is 5.73 Å². The molecule has 0 radical (unpaired) electrons. The molecule has 1 aromatic carbocycles. The van der Waals surface area contributed by atoms with Crippen LogP contribution in [-0.4, -0.2) is 27.1 Å². The minimum atomic E-state index is -2.56. The van der Waals surface area contributed by atoms with Crippen molar-refractivity contribution >= 4 is 34.1 Å². The molecule has 10 heteroatoms. The highest BCUT2D eigenvalue weighted by molar-refractivity contribution is 6.00. The third-order valence-electron chi connectivity index (χ3n) is 3.52. The summed E-state index contributed by atoms with van der Waals surface area (Å²) in [6.45, 7) is -0.554. The first-order valence-corrected chi connectivity index (χ1v) is 7.12. The summed E-state index contributed by atoms with van der Waals surface area (Å²) in [5.74, 6) is -2.22. The monoisotopic (exact) mass is 350 g/mol. The minimum Gasteiger partial charge on any atom is -0.381 e. The van der Waals surface area contributed by atoms with Crippen LogP contribution in [0, 0.1) is 5.82 Å². The summed E-state index contributed by atoms with van der Waals surface area (Å²) >= 11 is 0. The summed E-state index contributed by atoms with van der Waals surface area (Å²) in [6.07, 6.45) is -1.16. The second-order valence-corrected chi connectivity index (χ2v) is 5.20. The topological polar surface area (TPSA) is 112 Å². The van der Waals surface area contributed by atoms with Gasteiger partial charge in [0.1, 0.15) is 12.4 Å². The minimum absolute atomic E-state index is 0.0412. The average Bonchev–Trinajstić information content (AvgIpc) is 2.94. The summed E-state index contributed by atoms with van der Waals surface area (Å²) in [7, 11) is 0. The van der Waals surface area contributed by atoms with Crippen molar-refractivity contribution in [2.45, 2.75) is 13.0 Å². The van der Waals surface area contributed by atoms with Gasteiger partial charge in [0.15, 0.2) is 11.6 Å². The van der Waals surface area contributed by atoms with Gasteiger partial charge in [-0.25, -0.2) is 18.2 Å². The highest BCUT2D eigenvalue weighted by Crippen LogP contribution is 2.28. The van der Waals surface area contributed by atoms with Crippen molar-refractivity contribution in [3.63, 3.8) is 0 Å².